The Morgan fingerprint density at radius 3 is 3.15 bits per heavy atom. The standard InChI is InChI=1S/C7H7BrN2O3/c8-6-5(7(11)12)10-1-2-13-3-4(10)9-6/h1-3H2,(H,11,12). The minimum absolute atomic E-state index is 0.207. The fourth-order valence-electron chi connectivity index (χ4n) is 1.34. The summed E-state index contributed by atoms with van der Waals surface area (Å²) in [6.45, 7) is 1.47. The zero-order valence-electron chi connectivity index (χ0n) is 6.66. The average molecular weight is 247 g/mol. The zero-order chi connectivity index (χ0) is 9.42. The maximum atomic E-state index is 10.8. The van der Waals surface area contributed by atoms with E-state index in [1.165, 1.54) is 0 Å². The van der Waals surface area contributed by atoms with Crippen molar-refractivity contribution in [2.75, 3.05) is 6.61 Å². The lowest BCUT2D eigenvalue weighted by Crippen LogP contribution is -2.20. The molecule has 0 bridgehead atoms. The van der Waals surface area contributed by atoms with E-state index >= 15 is 0 Å². The van der Waals surface area contributed by atoms with Crippen LogP contribution in [0.5, 0.6) is 0 Å². The number of carboxylic acids is 1. The molecular formula is C7H7BrN2O3. The van der Waals surface area contributed by atoms with Gasteiger partial charge in [0.05, 0.1) is 6.61 Å². The predicted molar refractivity (Wildman–Crippen MR) is 46.5 cm³/mol. The lowest BCUT2D eigenvalue weighted by molar-refractivity contribution is 0.0641. The number of ether oxygens (including phenoxy) is 1. The summed E-state index contributed by atoms with van der Waals surface area (Å²) in [7, 11) is 0. The average Bonchev–Trinajstić information content (AvgIpc) is 2.39. The van der Waals surface area contributed by atoms with E-state index in [0.29, 0.717) is 30.2 Å². The van der Waals surface area contributed by atoms with Crippen molar-refractivity contribution in [3.63, 3.8) is 0 Å². The Bertz CT molecular complexity index is 361. The third-order valence-electron chi connectivity index (χ3n) is 1.90. The van der Waals surface area contributed by atoms with Crippen LogP contribution < -0.4 is 0 Å². The molecule has 5 nitrogen and oxygen atoms in total. The molecule has 0 radical (unpaired) electrons. The predicted octanol–water partition coefficient (Wildman–Crippen LogP) is 0.874. The molecule has 0 unspecified atom stereocenters. The van der Waals surface area contributed by atoms with Crippen LogP contribution >= 0.6 is 15.9 Å². The van der Waals surface area contributed by atoms with Gasteiger partial charge in [-0.2, -0.15) is 0 Å². The number of aromatic nitrogens is 2. The number of carboxylic acid groups (broad SMARTS) is 1. The molecule has 1 aliphatic rings. The van der Waals surface area contributed by atoms with Gasteiger partial charge in [-0.15, -0.1) is 0 Å². The minimum atomic E-state index is -0.965. The van der Waals surface area contributed by atoms with Crippen molar-refractivity contribution in [2.24, 2.45) is 0 Å². The molecule has 6 heteroatoms. The summed E-state index contributed by atoms with van der Waals surface area (Å²) in [6.07, 6.45) is 0. The third-order valence-corrected chi connectivity index (χ3v) is 2.45. The van der Waals surface area contributed by atoms with Crippen LogP contribution in [0.4, 0.5) is 0 Å². The van der Waals surface area contributed by atoms with Crippen LogP contribution in [0.15, 0.2) is 4.60 Å². The summed E-state index contributed by atoms with van der Waals surface area (Å²) in [5.41, 5.74) is 0.207. The van der Waals surface area contributed by atoms with Gasteiger partial charge in [0.2, 0.25) is 0 Å². The first-order chi connectivity index (χ1) is 6.20. The molecule has 0 aromatic carbocycles. The number of rotatable bonds is 1. The van der Waals surface area contributed by atoms with Gasteiger partial charge in [-0.05, 0) is 15.9 Å². The maximum absolute atomic E-state index is 10.8. The Morgan fingerprint density at radius 2 is 2.46 bits per heavy atom. The smallest absolute Gasteiger partial charge is 0.355 e. The van der Waals surface area contributed by atoms with Crippen LogP contribution in [0.3, 0.4) is 0 Å². The van der Waals surface area contributed by atoms with E-state index in [0.717, 1.165) is 0 Å². The molecule has 1 aromatic heterocycles. The molecule has 0 fully saturated rings. The first-order valence-corrected chi connectivity index (χ1v) is 4.55. The summed E-state index contributed by atoms with van der Waals surface area (Å²) < 4.78 is 7.18. The summed E-state index contributed by atoms with van der Waals surface area (Å²) in [6, 6.07) is 0. The van der Waals surface area contributed by atoms with Crippen molar-refractivity contribution in [1.29, 1.82) is 0 Å². The summed E-state index contributed by atoms with van der Waals surface area (Å²) >= 11 is 3.11. The molecule has 1 N–H and O–H groups in total. The van der Waals surface area contributed by atoms with E-state index in [-0.39, 0.29) is 5.69 Å². The van der Waals surface area contributed by atoms with Crippen molar-refractivity contribution < 1.29 is 14.6 Å². The Hall–Kier alpha value is -0.880. The maximum Gasteiger partial charge on any atom is 0.355 e. The van der Waals surface area contributed by atoms with Gasteiger partial charge in [0.15, 0.2) is 5.69 Å². The first-order valence-electron chi connectivity index (χ1n) is 3.76. The van der Waals surface area contributed by atoms with E-state index < -0.39 is 5.97 Å². The number of fused-ring (bicyclic) bond motifs is 1. The molecule has 0 saturated carbocycles. The molecule has 0 aliphatic carbocycles. The van der Waals surface area contributed by atoms with E-state index in [1.807, 2.05) is 0 Å². The van der Waals surface area contributed by atoms with Crippen LogP contribution in [-0.4, -0.2) is 27.2 Å². The number of imidazole rings is 1. The molecule has 0 saturated heterocycles. The largest absolute Gasteiger partial charge is 0.476 e. The lowest BCUT2D eigenvalue weighted by atomic mass is 10.4. The fourth-order valence-corrected chi connectivity index (χ4v) is 1.93. The van der Waals surface area contributed by atoms with Gasteiger partial charge < -0.3 is 14.4 Å². The Labute approximate surface area is 82.5 Å². The number of carbonyl (C=O) groups is 1. The molecular weight excluding hydrogens is 240 g/mol. The fraction of sp³-hybridized carbons (Fsp3) is 0.429. The molecule has 2 heterocycles. The number of hydrogen-bond donors (Lipinski definition) is 1. The second-order valence-electron chi connectivity index (χ2n) is 2.68. The number of halogens is 1. The van der Waals surface area contributed by atoms with Crippen LogP contribution in [0, 0.1) is 0 Å². The van der Waals surface area contributed by atoms with Gasteiger partial charge in [0.25, 0.3) is 0 Å². The SMILES string of the molecule is O=C(O)c1c(Br)nc2n1CCOC2. The molecule has 70 valence electrons. The van der Waals surface area contributed by atoms with E-state index in [9.17, 15) is 4.79 Å². The summed E-state index contributed by atoms with van der Waals surface area (Å²) in [4.78, 5) is 14.9. The van der Waals surface area contributed by atoms with Gasteiger partial charge in [-0.3, -0.25) is 0 Å². The lowest BCUT2D eigenvalue weighted by Gasteiger charge is -2.15. The quantitative estimate of drug-likeness (QED) is 0.799. The topological polar surface area (TPSA) is 64.3 Å². The molecule has 1 aliphatic heterocycles. The van der Waals surface area contributed by atoms with Crippen LogP contribution in [0.25, 0.3) is 0 Å². The second-order valence-corrected chi connectivity index (χ2v) is 3.43. The van der Waals surface area contributed by atoms with Crippen molar-refractivity contribution in [2.45, 2.75) is 13.2 Å². The van der Waals surface area contributed by atoms with Crippen LogP contribution in [-0.2, 0) is 17.9 Å². The van der Waals surface area contributed by atoms with Crippen molar-refractivity contribution >= 4 is 21.9 Å². The second kappa shape index (κ2) is 3.12. The monoisotopic (exact) mass is 246 g/mol. The van der Waals surface area contributed by atoms with Crippen molar-refractivity contribution in [3.05, 3.63) is 16.1 Å². The molecule has 13 heavy (non-hydrogen) atoms. The van der Waals surface area contributed by atoms with Crippen molar-refractivity contribution in [3.8, 4) is 0 Å². The molecule has 0 atom stereocenters. The van der Waals surface area contributed by atoms with Crippen LogP contribution in [0.2, 0.25) is 0 Å². The number of hydrogen-bond acceptors (Lipinski definition) is 3. The summed E-state index contributed by atoms with van der Waals surface area (Å²) in [5.74, 6) is -0.303. The van der Waals surface area contributed by atoms with Gasteiger partial charge in [0.1, 0.15) is 17.0 Å². The number of nitrogens with zero attached hydrogens (tertiary/aromatic N) is 2. The van der Waals surface area contributed by atoms with Gasteiger partial charge >= 0.3 is 5.97 Å². The third kappa shape index (κ3) is 1.36. The van der Waals surface area contributed by atoms with E-state index in [2.05, 4.69) is 20.9 Å². The highest BCUT2D eigenvalue weighted by atomic mass is 79.9. The Balaban J connectivity index is 2.54. The molecule has 0 amide bonds. The zero-order valence-corrected chi connectivity index (χ0v) is 8.24. The Kier molecular flexibility index (Phi) is 2.09. The molecule has 1 aromatic rings. The highest BCUT2D eigenvalue weighted by Crippen LogP contribution is 2.20. The van der Waals surface area contributed by atoms with Gasteiger partial charge in [0, 0.05) is 6.54 Å². The molecule has 0 spiro atoms. The highest BCUT2D eigenvalue weighted by Gasteiger charge is 2.22. The number of aromatic carboxylic acids is 1. The molecule has 2 rings (SSSR count). The normalized spacial score (nSPS) is 15.5. The summed E-state index contributed by atoms with van der Waals surface area (Å²) in [5, 5.41) is 8.88. The van der Waals surface area contributed by atoms with Crippen LogP contribution in [0.1, 0.15) is 16.3 Å². The minimum Gasteiger partial charge on any atom is -0.476 e. The Morgan fingerprint density at radius 1 is 1.69 bits per heavy atom. The van der Waals surface area contributed by atoms with Gasteiger partial charge in [-0.25, -0.2) is 9.78 Å². The van der Waals surface area contributed by atoms with E-state index in [1.54, 1.807) is 4.57 Å². The van der Waals surface area contributed by atoms with Gasteiger partial charge in [-0.1, -0.05) is 0 Å². The first kappa shape index (κ1) is 8.71. The van der Waals surface area contributed by atoms with Crippen molar-refractivity contribution in [1.82, 2.24) is 9.55 Å². The van der Waals surface area contributed by atoms with E-state index in [4.69, 9.17) is 9.84 Å². The highest BCUT2D eigenvalue weighted by molar-refractivity contribution is 9.10.